The van der Waals surface area contributed by atoms with Crippen molar-refractivity contribution in [3.8, 4) is 0 Å². The molecule has 0 saturated heterocycles. The fraction of sp³-hybridized carbons (Fsp3) is 0.136. The van der Waals surface area contributed by atoms with Crippen LogP contribution >= 0.6 is 22.9 Å². The van der Waals surface area contributed by atoms with Crippen LogP contribution in [0.2, 0.25) is 5.02 Å². The van der Waals surface area contributed by atoms with E-state index in [1.54, 1.807) is 29.4 Å². The lowest BCUT2D eigenvalue weighted by molar-refractivity contribution is 0.0985. The Kier molecular flexibility index (Phi) is 5.11. The minimum absolute atomic E-state index is 0.178. The topological polar surface area (TPSA) is 46.1 Å². The van der Waals surface area contributed by atoms with E-state index in [2.05, 4.69) is 31.0 Å². The number of rotatable bonds is 4. The number of hydrogen-bond donors (Lipinski definition) is 0. The molecule has 0 unspecified atom stereocenters. The summed E-state index contributed by atoms with van der Waals surface area (Å²) >= 11 is 7.81. The third-order valence-electron chi connectivity index (χ3n) is 4.72. The molecular formula is C22H18ClN3OS. The van der Waals surface area contributed by atoms with Gasteiger partial charge < -0.3 is 0 Å². The molecule has 4 aromatic rings. The first kappa shape index (κ1) is 18.6. The molecule has 4 nitrogen and oxygen atoms in total. The number of nitrogens with zero attached hydrogens (tertiary/aromatic N) is 3. The molecule has 0 radical (unpaired) electrons. The first-order valence-corrected chi connectivity index (χ1v) is 10.1. The number of carbonyl (C=O) groups is 1. The third kappa shape index (κ3) is 3.51. The number of amides is 1. The molecule has 0 N–H and O–H groups in total. The number of pyridine rings is 1. The second kappa shape index (κ2) is 7.70. The van der Waals surface area contributed by atoms with E-state index in [-0.39, 0.29) is 5.91 Å². The van der Waals surface area contributed by atoms with Crippen molar-refractivity contribution in [2.24, 2.45) is 0 Å². The van der Waals surface area contributed by atoms with Crippen LogP contribution in [-0.2, 0) is 6.54 Å². The zero-order valence-corrected chi connectivity index (χ0v) is 17.1. The van der Waals surface area contributed by atoms with Gasteiger partial charge in [0.25, 0.3) is 5.91 Å². The van der Waals surface area contributed by atoms with Crippen molar-refractivity contribution in [1.82, 2.24) is 9.97 Å². The second-order valence-corrected chi connectivity index (χ2v) is 8.00. The fourth-order valence-electron chi connectivity index (χ4n) is 3.01. The first-order chi connectivity index (χ1) is 13.5. The number of hydrogen-bond acceptors (Lipinski definition) is 4. The first-order valence-electron chi connectivity index (χ1n) is 8.86. The largest absolute Gasteiger partial charge is 0.279 e. The SMILES string of the molecule is Cc1ccc2sc(N(Cc3cccnc3)C(=O)c3ccccc3Cl)nc2c1C. The van der Waals surface area contributed by atoms with Crippen LogP contribution in [0.5, 0.6) is 0 Å². The van der Waals surface area contributed by atoms with Gasteiger partial charge in [-0.05, 0) is 54.8 Å². The van der Waals surface area contributed by atoms with Crippen molar-refractivity contribution in [3.05, 3.63) is 88.2 Å². The summed E-state index contributed by atoms with van der Waals surface area (Å²) in [6, 6.07) is 15.0. The van der Waals surface area contributed by atoms with Crippen LogP contribution in [0.1, 0.15) is 27.0 Å². The quantitative estimate of drug-likeness (QED) is 0.429. The molecular weight excluding hydrogens is 390 g/mol. The Morgan fingerprint density at radius 2 is 1.93 bits per heavy atom. The molecule has 4 rings (SSSR count). The fourth-order valence-corrected chi connectivity index (χ4v) is 4.25. The minimum Gasteiger partial charge on any atom is -0.279 e. The molecule has 0 saturated carbocycles. The highest BCUT2D eigenvalue weighted by atomic mass is 35.5. The van der Waals surface area contributed by atoms with Crippen molar-refractivity contribution in [2.75, 3.05) is 4.90 Å². The maximum Gasteiger partial charge on any atom is 0.261 e. The molecule has 140 valence electrons. The van der Waals surface area contributed by atoms with Gasteiger partial charge >= 0.3 is 0 Å². The Hall–Kier alpha value is -2.76. The number of fused-ring (bicyclic) bond motifs is 1. The average molecular weight is 408 g/mol. The lowest BCUT2D eigenvalue weighted by Gasteiger charge is -2.20. The van der Waals surface area contributed by atoms with Gasteiger partial charge in [0, 0.05) is 12.4 Å². The lowest BCUT2D eigenvalue weighted by atomic mass is 10.1. The highest BCUT2D eigenvalue weighted by molar-refractivity contribution is 7.22. The standard InChI is InChI=1S/C22H18ClN3OS/c1-14-9-10-19-20(15(14)2)25-22(28-19)26(13-16-6-5-11-24-12-16)21(27)17-7-3-4-8-18(17)23/h3-12H,13H2,1-2H3. The Morgan fingerprint density at radius 1 is 1.11 bits per heavy atom. The summed E-state index contributed by atoms with van der Waals surface area (Å²) in [5.74, 6) is -0.178. The van der Waals surface area contributed by atoms with Crippen LogP contribution in [0.15, 0.2) is 60.9 Å². The van der Waals surface area contributed by atoms with E-state index in [1.165, 1.54) is 16.9 Å². The summed E-state index contributed by atoms with van der Waals surface area (Å²) < 4.78 is 1.06. The molecule has 2 aromatic heterocycles. The van der Waals surface area contributed by atoms with Gasteiger partial charge in [-0.3, -0.25) is 14.7 Å². The summed E-state index contributed by atoms with van der Waals surface area (Å²) in [5.41, 5.74) is 4.63. The number of benzene rings is 2. The Balaban J connectivity index is 1.82. The molecule has 2 aromatic carbocycles. The zero-order chi connectivity index (χ0) is 19.7. The van der Waals surface area contributed by atoms with Crippen LogP contribution in [0.4, 0.5) is 5.13 Å². The normalized spacial score (nSPS) is 11.0. The molecule has 0 aliphatic heterocycles. The highest BCUT2D eigenvalue weighted by Crippen LogP contribution is 2.34. The van der Waals surface area contributed by atoms with E-state index < -0.39 is 0 Å². The molecule has 6 heteroatoms. The smallest absolute Gasteiger partial charge is 0.261 e. The van der Waals surface area contributed by atoms with Gasteiger partial charge in [-0.25, -0.2) is 4.98 Å². The Labute approximate surface area is 172 Å². The molecule has 28 heavy (non-hydrogen) atoms. The van der Waals surface area contributed by atoms with Crippen molar-refractivity contribution in [3.63, 3.8) is 0 Å². The third-order valence-corrected chi connectivity index (χ3v) is 6.09. The second-order valence-electron chi connectivity index (χ2n) is 6.58. The van der Waals surface area contributed by atoms with Crippen molar-refractivity contribution < 1.29 is 4.79 Å². The van der Waals surface area contributed by atoms with Crippen LogP contribution in [-0.4, -0.2) is 15.9 Å². The minimum atomic E-state index is -0.178. The summed E-state index contributed by atoms with van der Waals surface area (Å²) in [7, 11) is 0. The van der Waals surface area contributed by atoms with Gasteiger partial charge in [-0.2, -0.15) is 0 Å². The Bertz CT molecular complexity index is 1160. The number of carbonyl (C=O) groups excluding carboxylic acids is 1. The van der Waals surface area contributed by atoms with Crippen LogP contribution in [0, 0.1) is 13.8 Å². The molecule has 0 aliphatic carbocycles. The van der Waals surface area contributed by atoms with Gasteiger partial charge in [0.1, 0.15) is 0 Å². The van der Waals surface area contributed by atoms with Crippen LogP contribution < -0.4 is 4.90 Å². The van der Waals surface area contributed by atoms with Crippen molar-refractivity contribution >= 4 is 44.2 Å². The Morgan fingerprint density at radius 3 is 2.68 bits per heavy atom. The van der Waals surface area contributed by atoms with E-state index in [4.69, 9.17) is 16.6 Å². The van der Waals surface area contributed by atoms with Crippen LogP contribution in [0.25, 0.3) is 10.2 Å². The van der Waals surface area contributed by atoms with Crippen LogP contribution in [0.3, 0.4) is 0 Å². The molecule has 0 atom stereocenters. The number of anilines is 1. The lowest BCUT2D eigenvalue weighted by Crippen LogP contribution is -2.30. The number of thiazole rings is 1. The maximum absolute atomic E-state index is 13.4. The van der Waals surface area contributed by atoms with Gasteiger partial charge in [0.15, 0.2) is 5.13 Å². The molecule has 1 amide bonds. The predicted molar refractivity (Wildman–Crippen MR) is 115 cm³/mol. The van der Waals surface area contributed by atoms with Gasteiger partial charge in [-0.15, -0.1) is 0 Å². The molecule has 0 aliphatic rings. The van der Waals surface area contributed by atoms with E-state index in [1.807, 2.05) is 24.3 Å². The summed E-state index contributed by atoms with van der Waals surface area (Å²) in [5, 5.41) is 1.08. The molecule has 0 spiro atoms. The number of halogens is 1. The zero-order valence-electron chi connectivity index (χ0n) is 15.5. The monoisotopic (exact) mass is 407 g/mol. The average Bonchev–Trinajstić information content (AvgIpc) is 3.14. The maximum atomic E-state index is 13.4. The number of aromatic nitrogens is 2. The van der Waals surface area contributed by atoms with Gasteiger partial charge in [-0.1, -0.05) is 47.2 Å². The van der Waals surface area contributed by atoms with E-state index >= 15 is 0 Å². The number of aryl methyl sites for hydroxylation is 2. The van der Waals surface area contributed by atoms with E-state index in [0.29, 0.717) is 22.3 Å². The summed E-state index contributed by atoms with van der Waals surface area (Å²) in [4.78, 5) is 24.0. The summed E-state index contributed by atoms with van der Waals surface area (Å²) in [6.45, 7) is 4.49. The van der Waals surface area contributed by atoms with E-state index in [0.717, 1.165) is 21.3 Å². The van der Waals surface area contributed by atoms with Crippen molar-refractivity contribution in [1.29, 1.82) is 0 Å². The molecule has 2 heterocycles. The molecule has 0 fully saturated rings. The molecule has 0 bridgehead atoms. The summed E-state index contributed by atoms with van der Waals surface area (Å²) in [6.07, 6.45) is 3.48. The highest BCUT2D eigenvalue weighted by Gasteiger charge is 2.24. The van der Waals surface area contributed by atoms with Gasteiger partial charge in [0.2, 0.25) is 0 Å². The predicted octanol–water partition coefficient (Wildman–Crippen LogP) is 5.81. The van der Waals surface area contributed by atoms with E-state index in [9.17, 15) is 4.79 Å². The van der Waals surface area contributed by atoms with Crippen molar-refractivity contribution in [2.45, 2.75) is 20.4 Å². The van der Waals surface area contributed by atoms with Gasteiger partial charge in [0.05, 0.1) is 27.3 Å².